The largest absolute Gasteiger partial charge is 0.340 e. The van der Waals surface area contributed by atoms with E-state index in [9.17, 15) is 13.2 Å². The van der Waals surface area contributed by atoms with Crippen LogP contribution in [0.2, 0.25) is 0 Å². The molecule has 0 aromatic carbocycles. The molecule has 0 radical (unpaired) electrons. The van der Waals surface area contributed by atoms with Crippen LogP contribution in [0.15, 0.2) is 4.52 Å². The van der Waals surface area contributed by atoms with E-state index in [1.165, 1.54) is 0 Å². The van der Waals surface area contributed by atoms with Gasteiger partial charge in [-0.05, 0) is 6.42 Å². The second-order valence-electron chi connectivity index (χ2n) is 7.97. The Morgan fingerprint density at radius 1 is 1.24 bits per heavy atom. The topological polar surface area (TPSA) is 96.6 Å². The molecular formula is C16H26N4O4S. The van der Waals surface area contributed by atoms with Crippen LogP contribution in [0.4, 0.5) is 0 Å². The highest BCUT2D eigenvalue weighted by molar-refractivity contribution is 7.91. The van der Waals surface area contributed by atoms with Gasteiger partial charge in [-0.3, -0.25) is 9.69 Å². The Balaban J connectivity index is 1.50. The van der Waals surface area contributed by atoms with E-state index < -0.39 is 9.84 Å². The van der Waals surface area contributed by atoms with Crippen molar-refractivity contribution in [1.82, 2.24) is 19.9 Å². The Labute approximate surface area is 148 Å². The van der Waals surface area contributed by atoms with Crippen LogP contribution >= 0.6 is 0 Å². The van der Waals surface area contributed by atoms with Gasteiger partial charge in [0.1, 0.15) is 0 Å². The zero-order valence-corrected chi connectivity index (χ0v) is 15.9. The van der Waals surface area contributed by atoms with E-state index in [0.717, 1.165) is 13.1 Å². The summed E-state index contributed by atoms with van der Waals surface area (Å²) in [5.74, 6) is 1.05. The third-order valence-electron chi connectivity index (χ3n) is 4.74. The smallest absolute Gasteiger partial charge is 0.232 e. The SMILES string of the molecule is CC(C)(C)c1nc(CN2CCN(C(=O)[C@H]3CCS(=O)(=O)C3)CC2)no1. The molecule has 8 nitrogen and oxygen atoms in total. The van der Waals surface area contributed by atoms with Crippen molar-refractivity contribution in [1.29, 1.82) is 0 Å². The number of sulfone groups is 1. The molecule has 0 N–H and O–H groups in total. The van der Waals surface area contributed by atoms with Gasteiger partial charge in [0, 0.05) is 31.6 Å². The molecule has 0 aliphatic carbocycles. The minimum atomic E-state index is -3.03. The first-order valence-electron chi connectivity index (χ1n) is 8.69. The molecule has 1 amide bonds. The molecule has 0 unspecified atom stereocenters. The van der Waals surface area contributed by atoms with Crippen molar-refractivity contribution in [2.24, 2.45) is 5.92 Å². The molecule has 3 heterocycles. The summed E-state index contributed by atoms with van der Waals surface area (Å²) in [7, 11) is -3.03. The summed E-state index contributed by atoms with van der Waals surface area (Å²) >= 11 is 0. The summed E-state index contributed by atoms with van der Waals surface area (Å²) in [5, 5.41) is 4.03. The van der Waals surface area contributed by atoms with Crippen molar-refractivity contribution in [3.63, 3.8) is 0 Å². The van der Waals surface area contributed by atoms with Gasteiger partial charge >= 0.3 is 0 Å². The molecule has 2 fully saturated rings. The molecule has 1 atom stereocenters. The van der Waals surface area contributed by atoms with Crippen LogP contribution in [0.1, 0.15) is 38.9 Å². The van der Waals surface area contributed by atoms with E-state index >= 15 is 0 Å². The van der Waals surface area contributed by atoms with E-state index in [2.05, 4.69) is 15.0 Å². The van der Waals surface area contributed by atoms with Crippen molar-refractivity contribution in [2.45, 2.75) is 39.2 Å². The third-order valence-corrected chi connectivity index (χ3v) is 6.51. The monoisotopic (exact) mass is 370 g/mol. The first-order chi connectivity index (χ1) is 11.6. The summed E-state index contributed by atoms with van der Waals surface area (Å²) in [6, 6.07) is 0. The van der Waals surface area contributed by atoms with Gasteiger partial charge in [0.25, 0.3) is 0 Å². The molecule has 0 bridgehead atoms. The van der Waals surface area contributed by atoms with Gasteiger partial charge in [0.05, 0.1) is 24.0 Å². The van der Waals surface area contributed by atoms with Crippen LogP contribution in [0.5, 0.6) is 0 Å². The van der Waals surface area contributed by atoms with Crippen molar-refractivity contribution in [2.75, 3.05) is 37.7 Å². The van der Waals surface area contributed by atoms with Crippen molar-refractivity contribution in [3.8, 4) is 0 Å². The second kappa shape index (κ2) is 6.68. The van der Waals surface area contributed by atoms with Crippen molar-refractivity contribution in [3.05, 3.63) is 11.7 Å². The number of carbonyl (C=O) groups excluding carboxylic acids is 1. The molecule has 140 valence electrons. The number of carbonyl (C=O) groups is 1. The molecular weight excluding hydrogens is 344 g/mol. The first kappa shape index (κ1) is 18.3. The molecule has 0 saturated carbocycles. The number of hydrogen-bond acceptors (Lipinski definition) is 7. The molecule has 1 aromatic rings. The number of nitrogens with zero attached hydrogens (tertiary/aromatic N) is 4. The highest BCUT2D eigenvalue weighted by Crippen LogP contribution is 2.22. The average molecular weight is 370 g/mol. The lowest BCUT2D eigenvalue weighted by Gasteiger charge is -2.35. The standard InChI is InChI=1S/C16H26N4O4S/c1-16(2,3)15-17-13(18-24-15)10-19-5-7-20(8-6-19)14(21)12-4-9-25(22,23)11-12/h12H,4-11H2,1-3H3/t12-/m0/s1. The Bertz CT molecular complexity index is 730. The highest BCUT2D eigenvalue weighted by Gasteiger charge is 2.36. The molecule has 3 rings (SSSR count). The lowest BCUT2D eigenvalue weighted by Crippen LogP contribution is -2.50. The van der Waals surface area contributed by atoms with Gasteiger partial charge in [-0.15, -0.1) is 0 Å². The molecule has 9 heteroatoms. The van der Waals surface area contributed by atoms with Gasteiger partial charge < -0.3 is 9.42 Å². The summed E-state index contributed by atoms with van der Waals surface area (Å²) in [5.41, 5.74) is -0.169. The van der Waals surface area contributed by atoms with Crippen LogP contribution in [0, 0.1) is 5.92 Å². The fourth-order valence-corrected chi connectivity index (χ4v) is 4.93. The third kappa shape index (κ3) is 4.38. The fourth-order valence-electron chi connectivity index (χ4n) is 3.20. The van der Waals surface area contributed by atoms with E-state index in [0.29, 0.717) is 37.8 Å². The van der Waals surface area contributed by atoms with Crippen LogP contribution in [0.25, 0.3) is 0 Å². The fraction of sp³-hybridized carbons (Fsp3) is 0.812. The van der Waals surface area contributed by atoms with Gasteiger partial charge in [-0.25, -0.2) is 8.42 Å². The number of piperazine rings is 1. The molecule has 2 aliphatic rings. The molecule has 2 aliphatic heterocycles. The lowest BCUT2D eigenvalue weighted by atomic mass is 9.97. The number of aromatic nitrogens is 2. The van der Waals surface area contributed by atoms with E-state index in [-0.39, 0.29) is 28.7 Å². The first-order valence-corrected chi connectivity index (χ1v) is 10.5. The Morgan fingerprint density at radius 3 is 2.44 bits per heavy atom. The predicted octanol–water partition coefficient (Wildman–Crippen LogP) is 0.446. The van der Waals surface area contributed by atoms with Crippen LogP contribution in [-0.2, 0) is 26.6 Å². The summed E-state index contributed by atoms with van der Waals surface area (Å²) in [6.45, 7) is 9.35. The van der Waals surface area contributed by atoms with E-state index in [1.807, 2.05) is 20.8 Å². The summed E-state index contributed by atoms with van der Waals surface area (Å²) in [6.07, 6.45) is 0.458. The molecule has 25 heavy (non-hydrogen) atoms. The molecule has 2 saturated heterocycles. The maximum Gasteiger partial charge on any atom is 0.232 e. The Morgan fingerprint density at radius 2 is 1.92 bits per heavy atom. The van der Waals surface area contributed by atoms with Gasteiger partial charge in [-0.1, -0.05) is 25.9 Å². The van der Waals surface area contributed by atoms with Gasteiger partial charge in [-0.2, -0.15) is 4.98 Å². The van der Waals surface area contributed by atoms with Crippen molar-refractivity contribution < 1.29 is 17.7 Å². The van der Waals surface area contributed by atoms with Crippen molar-refractivity contribution >= 4 is 15.7 Å². The molecule has 1 aromatic heterocycles. The maximum atomic E-state index is 12.5. The second-order valence-corrected chi connectivity index (χ2v) is 10.2. The van der Waals surface area contributed by atoms with Gasteiger partial charge in [0.2, 0.25) is 11.8 Å². The van der Waals surface area contributed by atoms with Crippen LogP contribution < -0.4 is 0 Å². The number of rotatable bonds is 3. The Hall–Kier alpha value is -1.48. The average Bonchev–Trinajstić information content (AvgIpc) is 3.13. The Kier molecular flexibility index (Phi) is 4.89. The maximum absolute atomic E-state index is 12.5. The predicted molar refractivity (Wildman–Crippen MR) is 91.6 cm³/mol. The van der Waals surface area contributed by atoms with Gasteiger partial charge in [0.15, 0.2) is 15.7 Å². The lowest BCUT2D eigenvalue weighted by molar-refractivity contribution is -0.136. The minimum absolute atomic E-state index is 0.00445. The van der Waals surface area contributed by atoms with Crippen LogP contribution in [-0.4, -0.2) is 72.0 Å². The highest BCUT2D eigenvalue weighted by atomic mass is 32.2. The zero-order chi connectivity index (χ0) is 18.2. The quantitative estimate of drug-likeness (QED) is 0.762. The summed E-state index contributed by atoms with van der Waals surface area (Å²) < 4.78 is 28.4. The normalized spacial score (nSPS) is 24.6. The number of amides is 1. The number of hydrogen-bond donors (Lipinski definition) is 0. The van der Waals surface area contributed by atoms with E-state index in [1.54, 1.807) is 4.90 Å². The molecule has 0 spiro atoms. The minimum Gasteiger partial charge on any atom is -0.340 e. The van der Waals surface area contributed by atoms with E-state index in [4.69, 9.17) is 4.52 Å². The zero-order valence-electron chi connectivity index (χ0n) is 15.1. The summed E-state index contributed by atoms with van der Waals surface area (Å²) in [4.78, 5) is 20.9. The van der Waals surface area contributed by atoms with Crippen LogP contribution in [0.3, 0.4) is 0 Å².